The molecule has 0 aromatic heterocycles. The van der Waals surface area contributed by atoms with Crippen LogP contribution in [-0.2, 0) is 0 Å². The minimum atomic E-state index is 0.560. The summed E-state index contributed by atoms with van der Waals surface area (Å²) in [6.07, 6.45) is 4.23. The predicted molar refractivity (Wildman–Crippen MR) is 80.4 cm³/mol. The molecule has 2 saturated heterocycles. The molecule has 0 aliphatic carbocycles. The van der Waals surface area contributed by atoms with E-state index < -0.39 is 0 Å². The van der Waals surface area contributed by atoms with E-state index in [4.69, 9.17) is 0 Å². The molecule has 3 rings (SSSR count). The molecule has 1 aromatic rings. The number of aryl methyl sites for hydroxylation is 1. The Kier molecular flexibility index (Phi) is 3.90. The molecule has 104 valence electrons. The molecular formula is C17H26N2. The second-order valence-electron chi connectivity index (χ2n) is 6.21. The van der Waals surface area contributed by atoms with Crippen LogP contribution in [0.4, 0.5) is 0 Å². The third-order valence-electron chi connectivity index (χ3n) is 5.06. The van der Waals surface area contributed by atoms with Crippen molar-refractivity contribution in [3.63, 3.8) is 0 Å². The van der Waals surface area contributed by atoms with E-state index >= 15 is 0 Å². The van der Waals surface area contributed by atoms with Crippen LogP contribution in [0.2, 0.25) is 0 Å². The second kappa shape index (κ2) is 5.64. The maximum atomic E-state index is 2.71. The van der Waals surface area contributed by atoms with E-state index in [-0.39, 0.29) is 0 Å². The first-order valence-electron chi connectivity index (χ1n) is 7.79. The molecular weight excluding hydrogens is 232 g/mol. The van der Waals surface area contributed by atoms with Gasteiger partial charge in [-0.15, -0.1) is 0 Å². The van der Waals surface area contributed by atoms with Crippen molar-refractivity contribution in [2.75, 3.05) is 26.2 Å². The monoisotopic (exact) mass is 258 g/mol. The zero-order chi connectivity index (χ0) is 13.2. The van der Waals surface area contributed by atoms with Gasteiger partial charge in [-0.1, -0.05) is 30.7 Å². The maximum Gasteiger partial charge on any atom is 0.0323 e. The molecule has 0 radical (unpaired) electrons. The van der Waals surface area contributed by atoms with Crippen LogP contribution in [-0.4, -0.2) is 42.0 Å². The normalized spacial score (nSPS) is 26.9. The minimum absolute atomic E-state index is 0.560. The first kappa shape index (κ1) is 13.1. The average Bonchev–Trinajstić information content (AvgIpc) is 2.46. The van der Waals surface area contributed by atoms with Gasteiger partial charge in [0.2, 0.25) is 0 Å². The third-order valence-corrected chi connectivity index (χ3v) is 5.06. The van der Waals surface area contributed by atoms with Crippen molar-refractivity contribution in [1.29, 1.82) is 0 Å². The Morgan fingerprint density at radius 1 is 1.11 bits per heavy atom. The van der Waals surface area contributed by atoms with Gasteiger partial charge in [0, 0.05) is 31.7 Å². The lowest BCUT2D eigenvalue weighted by Gasteiger charge is -2.46. The Morgan fingerprint density at radius 3 is 2.79 bits per heavy atom. The van der Waals surface area contributed by atoms with Crippen molar-refractivity contribution in [1.82, 2.24) is 9.80 Å². The van der Waals surface area contributed by atoms with Crippen LogP contribution < -0.4 is 0 Å². The summed E-state index contributed by atoms with van der Waals surface area (Å²) in [5.41, 5.74) is 2.94. The van der Waals surface area contributed by atoms with Crippen LogP contribution in [0.15, 0.2) is 24.3 Å². The molecule has 0 saturated carbocycles. The molecule has 2 heterocycles. The SMILES string of the molecule is Cc1ccccc1C(C)N1CCN2CCCCC2C1. The zero-order valence-corrected chi connectivity index (χ0v) is 12.3. The lowest BCUT2D eigenvalue weighted by molar-refractivity contribution is 0.0306. The highest BCUT2D eigenvalue weighted by Gasteiger charge is 2.31. The van der Waals surface area contributed by atoms with Crippen molar-refractivity contribution in [2.45, 2.75) is 45.2 Å². The van der Waals surface area contributed by atoms with Crippen molar-refractivity contribution in [2.24, 2.45) is 0 Å². The Hall–Kier alpha value is -0.860. The van der Waals surface area contributed by atoms with Crippen LogP contribution in [0.1, 0.15) is 43.4 Å². The fourth-order valence-corrected chi connectivity index (χ4v) is 3.78. The number of hydrogen-bond donors (Lipinski definition) is 0. The van der Waals surface area contributed by atoms with E-state index in [1.165, 1.54) is 56.6 Å². The van der Waals surface area contributed by atoms with Crippen LogP contribution in [0.5, 0.6) is 0 Å². The van der Waals surface area contributed by atoms with Gasteiger partial charge in [0.05, 0.1) is 0 Å². The van der Waals surface area contributed by atoms with E-state index in [1.807, 2.05) is 0 Å². The topological polar surface area (TPSA) is 6.48 Å². The summed E-state index contributed by atoms with van der Waals surface area (Å²) in [4.78, 5) is 5.40. The van der Waals surface area contributed by atoms with Crippen molar-refractivity contribution in [3.8, 4) is 0 Å². The third kappa shape index (κ3) is 2.70. The van der Waals surface area contributed by atoms with Gasteiger partial charge in [-0.05, 0) is 44.4 Å². The highest BCUT2D eigenvalue weighted by Crippen LogP contribution is 2.28. The molecule has 2 unspecified atom stereocenters. The second-order valence-corrected chi connectivity index (χ2v) is 6.21. The van der Waals surface area contributed by atoms with E-state index in [9.17, 15) is 0 Å². The van der Waals surface area contributed by atoms with Crippen molar-refractivity contribution < 1.29 is 0 Å². The van der Waals surface area contributed by atoms with E-state index in [0.717, 1.165) is 6.04 Å². The van der Waals surface area contributed by atoms with Gasteiger partial charge in [0.1, 0.15) is 0 Å². The number of hydrogen-bond acceptors (Lipinski definition) is 2. The number of piperazine rings is 1. The number of fused-ring (bicyclic) bond motifs is 1. The molecule has 2 atom stereocenters. The summed E-state index contributed by atoms with van der Waals surface area (Å²) in [6.45, 7) is 9.70. The molecule has 0 spiro atoms. The average molecular weight is 258 g/mol. The van der Waals surface area contributed by atoms with Crippen LogP contribution in [0, 0.1) is 6.92 Å². The Bertz CT molecular complexity index is 429. The summed E-state index contributed by atoms with van der Waals surface area (Å²) in [5, 5.41) is 0. The Labute approximate surface area is 117 Å². The molecule has 19 heavy (non-hydrogen) atoms. The van der Waals surface area contributed by atoms with Gasteiger partial charge >= 0.3 is 0 Å². The molecule has 0 amide bonds. The lowest BCUT2D eigenvalue weighted by atomic mass is 9.96. The minimum Gasteiger partial charge on any atom is -0.298 e. The number of nitrogens with zero attached hydrogens (tertiary/aromatic N) is 2. The van der Waals surface area contributed by atoms with E-state index in [2.05, 4.69) is 47.9 Å². The fraction of sp³-hybridized carbons (Fsp3) is 0.647. The van der Waals surface area contributed by atoms with Gasteiger partial charge in [0.25, 0.3) is 0 Å². The molecule has 2 aliphatic heterocycles. The molecule has 0 N–H and O–H groups in total. The van der Waals surface area contributed by atoms with Crippen LogP contribution >= 0.6 is 0 Å². The fourth-order valence-electron chi connectivity index (χ4n) is 3.78. The number of piperidine rings is 1. The van der Waals surface area contributed by atoms with E-state index in [0.29, 0.717) is 6.04 Å². The molecule has 2 nitrogen and oxygen atoms in total. The van der Waals surface area contributed by atoms with Gasteiger partial charge in [-0.3, -0.25) is 9.80 Å². The number of rotatable bonds is 2. The first-order valence-corrected chi connectivity index (χ1v) is 7.79. The summed E-state index contributed by atoms with van der Waals surface area (Å²) in [5.74, 6) is 0. The maximum absolute atomic E-state index is 2.71. The van der Waals surface area contributed by atoms with Gasteiger partial charge in [-0.2, -0.15) is 0 Å². The van der Waals surface area contributed by atoms with Gasteiger partial charge in [0.15, 0.2) is 0 Å². The Morgan fingerprint density at radius 2 is 1.95 bits per heavy atom. The smallest absolute Gasteiger partial charge is 0.0323 e. The molecule has 1 aromatic carbocycles. The van der Waals surface area contributed by atoms with Crippen LogP contribution in [0.25, 0.3) is 0 Å². The largest absolute Gasteiger partial charge is 0.298 e. The highest BCUT2D eigenvalue weighted by atomic mass is 15.3. The molecule has 2 heteroatoms. The zero-order valence-electron chi connectivity index (χ0n) is 12.3. The highest BCUT2D eigenvalue weighted by molar-refractivity contribution is 5.28. The predicted octanol–water partition coefficient (Wildman–Crippen LogP) is 3.23. The van der Waals surface area contributed by atoms with Crippen molar-refractivity contribution in [3.05, 3.63) is 35.4 Å². The van der Waals surface area contributed by atoms with E-state index in [1.54, 1.807) is 0 Å². The quantitative estimate of drug-likeness (QED) is 0.803. The summed E-state index contributed by atoms with van der Waals surface area (Å²) < 4.78 is 0. The summed E-state index contributed by atoms with van der Waals surface area (Å²) >= 11 is 0. The molecule has 2 fully saturated rings. The number of benzene rings is 1. The standard InChI is InChI=1S/C17H26N2/c1-14-7-3-4-9-17(14)15(2)19-12-11-18-10-6-5-8-16(18)13-19/h3-4,7,9,15-16H,5-6,8,10-13H2,1-2H3. The Balaban J connectivity index is 1.71. The van der Waals surface area contributed by atoms with Crippen molar-refractivity contribution >= 4 is 0 Å². The molecule has 0 bridgehead atoms. The first-order chi connectivity index (χ1) is 9.25. The van der Waals surface area contributed by atoms with Crippen LogP contribution in [0.3, 0.4) is 0 Å². The van der Waals surface area contributed by atoms with Gasteiger partial charge < -0.3 is 0 Å². The summed E-state index contributed by atoms with van der Waals surface area (Å²) in [6, 6.07) is 10.2. The summed E-state index contributed by atoms with van der Waals surface area (Å²) in [7, 11) is 0. The van der Waals surface area contributed by atoms with Gasteiger partial charge in [-0.25, -0.2) is 0 Å². The molecule has 2 aliphatic rings. The lowest BCUT2D eigenvalue weighted by Crippen LogP contribution is -2.55.